The second-order valence-electron chi connectivity index (χ2n) is 6.79. The molecule has 116 valence electrons. The number of aromatic nitrogens is 1. The normalized spacial score (nSPS) is 27.0. The molecule has 5 nitrogen and oxygen atoms in total. The summed E-state index contributed by atoms with van der Waals surface area (Å²) in [4.78, 5) is 17.2. The number of rotatable bonds is 2. The van der Waals surface area contributed by atoms with Crippen molar-refractivity contribution in [1.29, 1.82) is 0 Å². The molecule has 0 radical (unpaired) electrons. The molecule has 0 N–H and O–H groups in total. The van der Waals surface area contributed by atoms with Gasteiger partial charge in [0.1, 0.15) is 5.76 Å². The summed E-state index contributed by atoms with van der Waals surface area (Å²) in [5, 5.41) is 3.99. The minimum Gasteiger partial charge on any atom is -0.360 e. The van der Waals surface area contributed by atoms with E-state index in [0.717, 1.165) is 38.2 Å². The second-order valence-corrected chi connectivity index (χ2v) is 6.79. The van der Waals surface area contributed by atoms with Crippen LogP contribution in [0.25, 0.3) is 0 Å². The summed E-state index contributed by atoms with van der Waals surface area (Å²) in [6.07, 6.45) is 3.40. The SMILES string of the molecule is CC(C)c1cc(C(=O)N2CCC[C@H]3CN(C)CC[C@H]32)no1. The predicted molar refractivity (Wildman–Crippen MR) is 80.3 cm³/mol. The number of likely N-dealkylation sites (tertiary alicyclic amines) is 2. The van der Waals surface area contributed by atoms with Crippen molar-refractivity contribution in [3.8, 4) is 0 Å². The Morgan fingerprint density at radius 1 is 1.38 bits per heavy atom. The lowest BCUT2D eigenvalue weighted by Crippen LogP contribution is -2.55. The van der Waals surface area contributed by atoms with E-state index in [1.807, 2.05) is 24.8 Å². The summed E-state index contributed by atoms with van der Waals surface area (Å²) in [5.41, 5.74) is 0.471. The van der Waals surface area contributed by atoms with Gasteiger partial charge in [-0.15, -0.1) is 0 Å². The molecule has 3 rings (SSSR count). The first-order valence-electron chi connectivity index (χ1n) is 8.02. The van der Waals surface area contributed by atoms with Crippen molar-refractivity contribution in [2.24, 2.45) is 5.92 Å². The molecule has 0 spiro atoms. The Balaban J connectivity index is 1.76. The summed E-state index contributed by atoms with van der Waals surface area (Å²) >= 11 is 0. The third-order valence-corrected chi connectivity index (χ3v) is 4.85. The first-order chi connectivity index (χ1) is 10.1. The highest BCUT2D eigenvalue weighted by Gasteiger charge is 2.38. The van der Waals surface area contributed by atoms with Gasteiger partial charge in [0.05, 0.1) is 0 Å². The van der Waals surface area contributed by atoms with Gasteiger partial charge >= 0.3 is 0 Å². The molecule has 2 atom stereocenters. The molecule has 2 saturated heterocycles. The molecular weight excluding hydrogens is 266 g/mol. The molecule has 3 heterocycles. The topological polar surface area (TPSA) is 49.6 Å². The van der Waals surface area contributed by atoms with E-state index >= 15 is 0 Å². The van der Waals surface area contributed by atoms with Crippen molar-refractivity contribution in [2.75, 3.05) is 26.7 Å². The molecule has 5 heteroatoms. The Morgan fingerprint density at radius 3 is 2.90 bits per heavy atom. The molecule has 0 aliphatic carbocycles. The van der Waals surface area contributed by atoms with E-state index < -0.39 is 0 Å². The number of carbonyl (C=O) groups is 1. The Labute approximate surface area is 126 Å². The summed E-state index contributed by atoms with van der Waals surface area (Å²) in [5.74, 6) is 1.70. The van der Waals surface area contributed by atoms with Gasteiger partial charge in [-0.1, -0.05) is 19.0 Å². The van der Waals surface area contributed by atoms with Crippen LogP contribution in [0.4, 0.5) is 0 Å². The van der Waals surface area contributed by atoms with Gasteiger partial charge in [-0.25, -0.2) is 0 Å². The fourth-order valence-electron chi connectivity index (χ4n) is 3.65. The lowest BCUT2D eigenvalue weighted by atomic mass is 9.84. The van der Waals surface area contributed by atoms with E-state index in [1.54, 1.807) is 0 Å². The van der Waals surface area contributed by atoms with Gasteiger partial charge < -0.3 is 14.3 Å². The first-order valence-corrected chi connectivity index (χ1v) is 8.02. The monoisotopic (exact) mass is 291 g/mol. The van der Waals surface area contributed by atoms with Gasteiger partial charge in [0.25, 0.3) is 5.91 Å². The largest absolute Gasteiger partial charge is 0.360 e. The fraction of sp³-hybridized carbons (Fsp3) is 0.750. The van der Waals surface area contributed by atoms with Crippen LogP contribution in [-0.2, 0) is 0 Å². The Morgan fingerprint density at radius 2 is 2.19 bits per heavy atom. The maximum Gasteiger partial charge on any atom is 0.276 e. The number of amides is 1. The summed E-state index contributed by atoms with van der Waals surface area (Å²) in [6.45, 7) is 7.12. The highest BCUT2D eigenvalue weighted by atomic mass is 16.5. The minimum absolute atomic E-state index is 0.0462. The average molecular weight is 291 g/mol. The van der Waals surface area contributed by atoms with Crippen LogP contribution in [0.3, 0.4) is 0 Å². The predicted octanol–water partition coefficient (Wildman–Crippen LogP) is 2.35. The molecule has 0 saturated carbocycles. The molecule has 1 aromatic heterocycles. The van der Waals surface area contributed by atoms with Crippen LogP contribution in [0.2, 0.25) is 0 Å². The molecule has 21 heavy (non-hydrogen) atoms. The lowest BCUT2D eigenvalue weighted by Gasteiger charge is -2.46. The quantitative estimate of drug-likeness (QED) is 0.839. The third-order valence-electron chi connectivity index (χ3n) is 4.85. The maximum atomic E-state index is 12.8. The van der Waals surface area contributed by atoms with Gasteiger partial charge in [-0.2, -0.15) is 0 Å². The van der Waals surface area contributed by atoms with Crippen LogP contribution in [0.1, 0.15) is 55.3 Å². The van der Waals surface area contributed by atoms with Crippen LogP contribution in [0.5, 0.6) is 0 Å². The summed E-state index contributed by atoms with van der Waals surface area (Å²) in [7, 11) is 2.17. The van der Waals surface area contributed by atoms with E-state index in [2.05, 4.69) is 17.1 Å². The molecular formula is C16H25N3O2. The molecule has 1 aromatic rings. The van der Waals surface area contributed by atoms with Crippen molar-refractivity contribution >= 4 is 5.91 Å². The van der Waals surface area contributed by atoms with Crippen molar-refractivity contribution in [2.45, 2.75) is 45.1 Å². The standard InChI is InChI=1S/C16H25N3O2/c1-11(2)15-9-13(17-21-15)16(20)19-7-4-5-12-10-18(3)8-6-14(12)19/h9,11-12,14H,4-8,10H2,1-3H3/t12-,14+/m0/s1. The van der Waals surface area contributed by atoms with Gasteiger partial charge in [0.2, 0.25) is 0 Å². The second kappa shape index (κ2) is 5.79. The van der Waals surface area contributed by atoms with Gasteiger partial charge in [0.15, 0.2) is 5.69 Å². The highest BCUT2D eigenvalue weighted by molar-refractivity contribution is 5.92. The Bertz CT molecular complexity index is 511. The zero-order valence-corrected chi connectivity index (χ0v) is 13.2. The molecule has 2 fully saturated rings. The van der Waals surface area contributed by atoms with Gasteiger partial charge in [-0.3, -0.25) is 4.79 Å². The van der Waals surface area contributed by atoms with Crippen LogP contribution in [0.15, 0.2) is 10.6 Å². The van der Waals surface area contributed by atoms with Gasteiger partial charge in [0, 0.05) is 31.1 Å². The molecule has 0 bridgehead atoms. The summed E-state index contributed by atoms with van der Waals surface area (Å²) < 4.78 is 5.29. The number of nitrogens with zero attached hydrogens (tertiary/aromatic N) is 3. The number of fused-ring (bicyclic) bond motifs is 1. The number of carbonyl (C=O) groups excluding carboxylic acids is 1. The first kappa shape index (κ1) is 14.6. The van der Waals surface area contributed by atoms with Gasteiger partial charge in [-0.05, 0) is 38.8 Å². The number of hydrogen-bond acceptors (Lipinski definition) is 4. The van der Waals surface area contributed by atoms with Crippen LogP contribution in [0, 0.1) is 5.92 Å². The zero-order valence-electron chi connectivity index (χ0n) is 13.2. The van der Waals surface area contributed by atoms with Crippen molar-refractivity contribution in [1.82, 2.24) is 15.0 Å². The molecule has 0 unspecified atom stereocenters. The van der Waals surface area contributed by atoms with Crippen molar-refractivity contribution < 1.29 is 9.32 Å². The number of piperidine rings is 2. The summed E-state index contributed by atoms with van der Waals surface area (Å²) in [6, 6.07) is 2.19. The van der Waals surface area contributed by atoms with E-state index in [9.17, 15) is 4.79 Å². The van der Waals surface area contributed by atoms with Crippen LogP contribution < -0.4 is 0 Å². The maximum absolute atomic E-state index is 12.8. The average Bonchev–Trinajstić information content (AvgIpc) is 2.95. The van der Waals surface area contributed by atoms with Crippen LogP contribution >= 0.6 is 0 Å². The van der Waals surface area contributed by atoms with E-state index in [1.165, 1.54) is 6.42 Å². The molecule has 2 aliphatic heterocycles. The van der Waals surface area contributed by atoms with E-state index in [-0.39, 0.29) is 11.8 Å². The molecule has 2 aliphatic rings. The molecule has 1 amide bonds. The minimum atomic E-state index is 0.0462. The van der Waals surface area contributed by atoms with E-state index in [4.69, 9.17) is 4.52 Å². The van der Waals surface area contributed by atoms with Crippen LogP contribution in [-0.4, -0.2) is 53.6 Å². The Hall–Kier alpha value is -1.36. The van der Waals surface area contributed by atoms with Crippen molar-refractivity contribution in [3.05, 3.63) is 17.5 Å². The fourth-order valence-corrected chi connectivity index (χ4v) is 3.65. The zero-order chi connectivity index (χ0) is 15.0. The third kappa shape index (κ3) is 2.84. The Kier molecular flexibility index (Phi) is 4.02. The number of hydrogen-bond donors (Lipinski definition) is 0. The highest BCUT2D eigenvalue weighted by Crippen LogP contribution is 2.31. The smallest absolute Gasteiger partial charge is 0.276 e. The molecule has 0 aromatic carbocycles. The van der Waals surface area contributed by atoms with Crippen molar-refractivity contribution in [3.63, 3.8) is 0 Å². The van der Waals surface area contributed by atoms with E-state index in [0.29, 0.717) is 17.7 Å². The lowest BCUT2D eigenvalue weighted by molar-refractivity contribution is 0.0246.